The van der Waals surface area contributed by atoms with Gasteiger partial charge in [-0.1, -0.05) is 71.9 Å². The standard InChI is InChI=1S/C12H11ClP2/c13-14-15(11-7-3-1-4-8-11)12-9-5-2-6-10-12/h1-10,14H. The van der Waals surface area contributed by atoms with Crippen molar-refractivity contribution in [1.82, 2.24) is 0 Å². The molecule has 0 saturated carbocycles. The summed E-state index contributed by atoms with van der Waals surface area (Å²) < 4.78 is 0. The van der Waals surface area contributed by atoms with Crippen molar-refractivity contribution < 1.29 is 0 Å². The molecule has 2 aromatic carbocycles. The lowest BCUT2D eigenvalue weighted by Crippen LogP contribution is -2.07. The molecular formula is C12H11ClP2. The molecule has 0 saturated heterocycles. The van der Waals surface area contributed by atoms with Gasteiger partial charge in [-0.25, -0.2) is 0 Å². The van der Waals surface area contributed by atoms with Crippen molar-refractivity contribution in [1.29, 1.82) is 0 Å². The van der Waals surface area contributed by atoms with Gasteiger partial charge in [-0.05, 0) is 18.2 Å². The molecule has 0 heterocycles. The average molecular weight is 253 g/mol. The first-order valence-corrected chi connectivity index (χ1v) is 8.88. The fourth-order valence-electron chi connectivity index (χ4n) is 1.40. The molecule has 0 bridgehead atoms. The second kappa shape index (κ2) is 5.61. The fraction of sp³-hybridized carbons (Fsp3) is 0. The minimum atomic E-state index is -0.355. The van der Waals surface area contributed by atoms with Crippen LogP contribution in [0.4, 0.5) is 0 Å². The molecule has 2 aromatic rings. The number of hydrogen-bond donors (Lipinski definition) is 0. The third-order valence-electron chi connectivity index (χ3n) is 2.11. The van der Waals surface area contributed by atoms with Gasteiger partial charge in [0.25, 0.3) is 0 Å². The van der Waals surface area contributed by atoms with Crippen LogP contribution in [0.5, 0.6) is 0 Å². The molecule has 0 spiro atoms. The molecule has 15 heavy (non-hydrogen) atoms. The average Bonchev–Trinajstić information content (AvgIpc) is 2.33. The highest BCUT2D eigenvalue weighted by molar-refractivity contribution is 8.37. The third-order valence-corrected chi connectivity index (χ3v) is 7.49. The SMILES string of the molecule is ClPP(c1ccccc1)c1ccccc1. The van der Waals surface area contributed by atoms with Crippen molar-refractivity contribution in [3.05, 3.63) is 60.7 Å². The molecule has 0 nitrogen and oxygen atoms in total. The Labute approximate surface area is 97.9 Å². The first-order valence-electron chi connectivity index (χ1n) is 4.68. The van der Waals surface area contributed by atoms with E-state index >= 15 is 0 Å². The summed E-state index contributed by atoms with van der Waals surface area (Å²) in [5.41, 5.74) is 0. The molecule has 0 N–H and O–H groups in total. The van der Waals surface area contributed by atoms with E-state index in [0.717, 1.165) is 0 Å². The Morgan fingerprint density at radius 3 is 1.47 bits per heavy atom. The topological polar surface area (TPSA) is 0 Å². The van der Waals surface area contributed by atoms with Crippen LogP contribution < -0.4 is 10.6 Å². The monoisotopic (exact) mass is 252 g/mol. The van der Waals surface area contributed by atoms with Crippen molar-refractivity contribution in [3.8, 4) is 0 Å². The van der Waals surface area contributed by atoms with E-state index in [0.29, 0.717) is 7.62 Å². The predicted octanol–water partition coefficient (Wildman–Crippen LogP) is 3.87. The Morgan fingerprint density at radius 1 is 0.733 bits per heavy atom. The van der Waals surface area contributed by atoms with Gasteiger partial charge < -0.3 is 0 Å². The number of hydrogen-bond acceptors (Lipinski definition) is 0. The zero-order chi connectivity index (χ0) is 10.5. The van der Waals surface area contributed by atoms with Crippen molar-refractivity contribution in [2.24, 2.45) is 0 Å². The largest absolute Gasteiger partial charge is 0.0943 e. The second-order valence-electron chi connectivity index (χ2n) is 3.09. The van der Waals surface area contributed by atoms with E-state index in [-0.39, 0.29) is 7.61 Å². The van der Waals surface area contributed by atoms with E-state index in [4.69, 9.17) is 11.2 Å². The first-order chi connectivity index (χ1) is 7.42. The molecule has 2 rings (SSSR count). The summed E-state index contributed by atoms with van der Waals surface area (Å²) in [5, 5.41) is 2.71. The Hall–Kier alpha value is -0.410. The van der Waals surface area contributed by atoms with Gasteiger partial charge in [-0.2, -0.15) is 0 Å². The summed E-state index contributed by atoms with van der Waals surface area (Å²) in [4.78, 5) is 0. The Morgan fingerprint density at radius 2 is 1.13 bits per heavy atom. The van der Waals surface area contributed by atoms with Gasteiger partial charge in [-0.15, -0.1) is 0 Å². The molecule has 0 aliphatic heterocycles. The molecule has 0 fully saturated rings. The quantitative estimate of drug-likeness (QED) is 0.728. The van der Waals surface area contributed by atoms with Gasteiger partial charge >= 0.3 is 0 Å². The summed E-state index contributed by atoms with van der Waals surface area (Å²) in [6.07, 6.45) is 0. The molecule has 1 atom stereocenters. The Kier molecular flexibility index (Phi) is 4.15. The highest BCUT2D eigenvalue weighted by Crippen LogP contribution is 2.55. The van der Waals surface area contributed by atoms with E-state index < -0.39 is 0 Å². The molecular weight excluding hydrogens is 242 g/mol. The van der Waals surface area contributed by atoms with Gasteiger partial charge in [-0.3, -0.25) is 0 Å². The van der Waals surface area contributed by atoms with Crippen molar-refractivity contribution >= 4 is 37.1 Å². The van der Waals surface area contributed by atoms with E-state index in [9.17, 15) is 0 Å². The van der Waals surface area contributed by atoms with Crippen molar-refractivity contribution in [3.63, 3.8) is 0 Å². The summed E-state index contributed by atoms with van der Waals surface area (Å²) >= 11 is 6.09. The zero-order valence-electron chi connectivity index (χ0n) is 8.10. The summed E-state index contributed by atoms with van der Waals surface area (Å²) in [5.74, 6) is 0. The van der Waals surface area contributed by atoms with Crippen LogP contribution in [-0.4, -0.2) is 0 Å². The Balaban J connectivity index is 2.34. The molecule has 0 aromatic heterocycles. The fourth-order valence-corrected chi connectivity index (χ4v) is 6.07. The molecule has 3 heteroatoms. The lowest BCUT2D eigenvalue weighted by molar-refractivity contribution is 1.76. The number of benzene rings is 2. The maximum Gasteiger partial charge on any atom is 0.00969 e. The molecule has 1 unspecified atom stereocenters. The smallest absolute Gasteiger partial charge is 0.00969 e. The van der Waals surface area contributed by atoms with Crippen LogP contribution in [0.25, 0.3) is 0 Å². The molecule has 0 radical (unpaired) electrons. The van der Waals surface area contributed by atoms with Gasteiger partial charge in [0, 0.05) is 7.62 Å². The molecule has 76 valence electrons. The highest BCUT2D eigenvalue weighted by Gasteiger charge is 2.11. The van der Waals surface area contributed by atoms with Crippen LogP contribution in [0.15, 0.2) is 60.7 Å². The van der Waals surface area contributed by atoms with Crippen molar-refractivity contribution in [2.75, 3.05) is 0 Å². The molecule has 0 amide bonds. The van der Waals surface area contributed by atoms with E-state index in [1.165, 1.54) is 10.6 Å². The zero-order valence-corrected chi connectivity index (χ0v) is 10.7. The highest BCUT2D eigenvalue weighted by atomic mass is 35.7. The van der Waals surface area contributed by atoms with E-state index in [1.807, 2.05) is 12.1 Å². The van der Waals surface area contributed by atoms with Crippen LogP contribution in [0, 0.1) is 0 Å². The minimum Gasteiger partial charge on any atom is -0.0943 e. The van der Waals surface area contributed by atoms with Crippen molar-refractivity contribution in [2.45, 2.75) is 0 Å². The van der Waals surface area contributed by atoms with Crippen LogP contribution in [-0.2, 0) is 0 Å². The predicted molar refractivity (Wildman–Crippen MR) is 73.2 cm³/mol. The lowest BCUT2D eigenvalue weighted by Gasteiger charge is -2.14. The van der Waals surface area contributed by atoms with E-state index in [2.05, 4.69) is 48.5 Å². The van der Waals surface area contributed by atoms with Gasteiger partial charge in [0.1, 0.15) is 0 Å². The van der Waals surface area contributed by atoms with Crippen LogP contribution in [0.1, 0.15) is 0 Å². The van der Waals surface area contributed by atoms with Gasteiger partial charge in [0.2, 0.25) is 0 Å². The summed E-state index contributed by atoms with van der Waals surface area (Å²) in [6.45, 7) is 0. The first kappa shape index (κ1) is 11.1. The Bertz CT molecular complexity index is 363. The third kappa shape index (κ3) is 2.79. The lowest BCUT2D eigenvalue weighted by atomic mass is 10.4. The van der Waals surface area contributed by atoms with Crippen LogP contribution in [0.3, 0.4) is 0 Å². The number of halogens is 1. The summed E-state index contributed by atoms with van der Waals surface area (Å²) in [6, 6.07) is 21.0. The summed E-state index contributed by atoms with van der Waals surface area (Å²) in [7, 11) is 0.0853. The van der Waals surface area contributed by atoms with Gasteiger partial charge in [0.15, 0.2) is 0 Å². The minimum absolute atomic E-state index is 0.355. The second-order valence-corrected chi connectivity index (χ2v) is 8.33. The van der Waals surface area contributed by atoms with E-state index in [1.54, 1.807) is 0 Å². The molecule has 0 aliphatic rings. The molecule has 0 aliphatic carbocycles. The van der Waals surface area contributed by atoms with Crippen LogP contribution >= 0.6 is 26.5 Å². The maximum absolute atomic E-state index is 6.09. The van der Waals surface area contributed by atoms with Crippen LogP contribution in [0.2, 0.25) is 0 Å². The number of rotatable bonds is 3. The maximum atomic E-state index is 6.09. The normalized spacial score (nSPS) is 11.3. The van der Waals surface area contributed by atoms with Gasteiger partial charge in [0.05, 0.1) is 0 Å².